The lowest BCUT2D eigenvalue weighted by Gasteiger charge is -2.07. The number of carbonyl (C=O) groups is 1. The maximum Gasteiger partial charge on any atom is 0.506 e. The molecule has 0 unspecified atom stereocenters. The smallest absolute Gasteiger partial charge is 0.457 e. The van der Waals surface area contributed by atoms with Crippen molar-refractivity contribution in [3.8, 4) is 11.5 Å². The Morgan fingerprint density at radius 2 is 1.72 bits per heavy atom. The van der Waals surface area contributed by atoms with Gasteiger partial charge in [-0.25, -0.2) is 4.79 Å². The van der Waals surface area contributed by atoms with Crippen molar-refractivity contribution in [2.75, 3.05) is 0 Å². The van der Waals surface area contributed by atoms with Crippen LogP contribution in [0, 0.1) is 0 Å². The van der Waals surface area contributed by atoms with Crippen molar-refractivity contribution >= 4 is 6.16 Å². The molecule has 0 heterocycles. The van der Waals surface area contributed by atoms with E-state index < -0.39 is 6.16 Å². The van der Waals surface area contributed by atoms with Gasteiger partial charge in [0.05, 0.1) is 0 Å². The SMILES string of the molecule is O=C(O)OCc1cccc(Oc2ccccc2)c1. The van der Waals surface area contributed by atoms with Gasteiger partial charge in [-0.3, -0.25) is 0 Å². The minimum absolute atomic E-state index is 0.0152. The molecule has 2 rings (SSSR count). The Bertz CT molecular complexity index is 522. The van der Waals surface area contributed by atoms with Gasteiger partial charge >= 0.3 is 6.16 Å². The van der Waals surface area contributed by atoms with Crippen molar-refractivity contribution in [2.45, 2.75) is 6.61 Å². The number of hydrogen-bond donors (Lipinski definition) is 1. The highest BCUT2D eigenvalue weighted by molar-refractivity contribution is 5.56. The van der Waals surface area contributed by atoms with Crippen LogP contribution in [0.3, 0.4) is 0 Å². The van der Waals surface area contributed by atoms with Gasteiger partial charge in [-0.2, -0.15) is 0 Å². The van der Waals surface area contributed by atoms with Crippen LogP contribution in [-0.2, 0) is 11.3 Å². The summed E-state index contributed by atoms with van der Waals surface area (Å²) in [7, 11) is 0. The van der Waals surface area contributed by atoms with Crippen molar-refractivity contribution in [3.05, 3.63) is 60.2 Å². The van der Waals surface area contributed by atoms with E-state index in [0.29, 0.717) is 5.75 Å². The summed E-state index contributed by atoms with van der Waals surface area (Å²) in [4.78, 5) is 10.3. The lowest BCUT2D eigenvalue weighted by atomic mass is 10.2. The Morgan fingerprint density at radius 3 is 2.44 bits per heavy atom. The number of benzene rings is 2. The molecule has 4 nitrogen and oxygen atoms in total. The Balaban J connectivity index is 2.05. The molecule has 0 saturated heterocycles. The molecule has 0 amide bonds. The van der Waals surface area contributed by atoms with Crippen LogP contribution in [0.2, 0.25) is 0 Å². The Kier molecular flexibility index (Phi) is 3.81. The molecule has 0 saturated carbocycles. The fourth-order valence-electron chi connectivity index (χ4n) is 1.47. The first-order chi connectivity index (χ1) is 8.74. The van der Waals surface area contributed by atoms with E-state index in [1.54, 1.807) is 24.3 Å². The van der Waals surface area contributed by atoms with Gasteiger partial charge in [0.15, 0.2) is 0 Å². The summed E-state index contributed by atoms with van der Waals surface area (Å²) < 4.78 is 10.1. The summed E-state index contributed by atoms with van der Waals surface area (Å²) in [5.74, 6) is 1.38. The second kappa shape index (κ2) is 5.72. The van der Waals surface area contributed by atoms with Crippen molar-refractivity contribution in [3.63, 3.8) is 0 Å². The normalized spacial score (nSPS) is 9.78. The molecule has 1 N–H and O–H groups in total. The first-order valence-electron chi connectivity index (χ1n) is 5.41. The minimum atomic E-state index is -1.29. The van der Waals surface area contributed by atoms with Gasteiger partial charge in [0.2, 0.25) is 0 Å². The van der Waals surface area contributed by atoms with Crippen LogP contribution in [0.1, 0.15) is 5.56 Å². The molecule has 92 valence electrons. The fourth-order valence-corrected chi connectivity index (χ4v) is 1.47. The molecule has 0 bridgehead atoms. The third-order valence-corrected chi connectivity index (χ3v) is 2.24. The van der Waals surface area contributed by atoms with Crippen LogP contribution >= 0.6 is 0 Å². The molecule has 18 heavy (non-hydrogen) atoms. The van der Waals surface area contributed by atoms with Crippen LogP contribution in [0.15, 0.2) is 54.6 Å². The fraction of sp³-hybridized carbons (Fsp3) is 0.0714. The van der Waals surface area contributed by atoms with Gasteiger partial charge in [0, 0.05) is 0 Å². The molecule has 0 fully saturated rings. The molecule has 0 aromatic heterocycles. The predicted octanol–water partition coefficient (Wildman–Crippen LogP) is 3.67. The molecule has 0 aliphatic carbocycles. The molecule has 0 atom stereocenters. The van der Waals surface area contributed by atoms with Crippen LogP contribution in [0.25, 0.3) is 0 Å². The summed E-state index contributed by atoms with van der Waals surface area (Å²) in [6.45, 7) is 0.0152. The van der Waals surface area contributed by atoms with Gasteiger partial charge in [-0.1, -0.05) is 30.3 Å². The number of para-hydroxylation sites is 1. The molecular formula is C14H12O4. The predicted molar refractivity (Wildman–Crippen MR) is 65.8 cm³/mol. The van der Waals surface area contributed by atoms with E-state index in [-0.39, 0.29) is 6.61 Å². The molecule has 4 heteroatoms. The highest BCUT2D eigenvalue weighted by Gasteiger charge is 2.01. The average Bonchev–Trinajstić information content (AvgIpc) is 2.38. The summed E-state index contributed by atoms with van der Waals surface area (Å²) in [5, 5.41) is 8.43. The maximum absolute atomic E-state index is 10.3. The maximum atomic E-state index is 10.3. The van der Waals surface area contributed by atoms with E-state index in [0.717, 1.165) is 11.3 Å². The van der Waals surface area contributed by atoms with Crippen molar-refractivity contribution in [2.24, 2.45) is 0 Å². The van der Waals surface area contributed by atoms with Crippen molar-refractivity contribution in [1.29, 1.82) is 0 Å². The number of hydrogen-bond acceptors (Lipinski definition) is 3. The summed E-state index contributed by atoms with van der Waals surface area (Å²) >= 11 is 0. The quantitative estimate of drug-likeness (QED) is 0.833. The summed E-state index contributed by atoms with van der Waals surface area (Å²) in [6.07, 6.45) is -1.29. The Morgan fingerprint density at radius 1 is 1.00 bits per heavy atom. The van der Waals surface area contributed by atoms with Gasteiger partial charge in [-0.05, 0) is 29.8 Å². The number of carboxylic acid groups (broad SMARTS) is 1. The zero-order valence-electron chi connectivity index (χ0n) is 9.58. The van der Waals surface area contributed by atoms with E-state index >= 15 is 0 Å². The second-order valence-electron chi connectivity index (χ2n) is 3.62. The first kappa shape index (κ1) is 12.0. The largest absolute Gasteiger partial charge is 0.506 e. The summed E-state index contributed by atoms with van der Waals surface area (Å²) in [6, 6.07) is 16.5. The minimum Gasteiger partial charge on any atom is -0.457 e. The molecular weight excluding hydrogens is 232 g/mol. The number of ether oxygens (including phenoxy) is 2. The van der Waals surface area contributed by atoms with E-state index in [9.17, 15) is 4.79 Å². The lowest BCUT2D eigenvalue weighted by molar-refractivity contribution is 0.0853. The molecule has 0 aliphatic rings. The van der Waals surface area contributed by atoms with Crippen molar-refractivity contribution in [1.82, 2.24) is 0 Å². The van der Waals surface area contributed by atoms with Crippen LogP contribution in [0.4, 0.5) is 4.79 Å². The van der Waals surface area contributed by atoms with Gasteiger partial charge < -0.3 is 14.6 Å². The standard InChI is InChI=1S/C14H12O4/c15-14(16)17-10-11-5-4-8-13(9-11)18-12-6-2-1-3-7-12/h1-9H,10H2,(H,15,16). The molecule has 0 radical (unpaired) electrons. The van der Waals surface area contributed by atoms with E-state index in [1.807, 2.05) is 30.3 Å². The lowest BCUT2D eigenvalue weighted by Crippen LogP contribution is -2.00. The Labute approximate surface area is 104 Å². The third kappa shape index (κ3) is 3.52. The van der Waals surface area contributed by atoms with Gasteiger partial charge in [0.1, 0.15) is 18.1 Å². The highest BCUT2D eigenvalue weighted by atomic mass is 16.7. The second-order valence-corrected chi connectivity index (χ2v) is 3.62. The van der Waals surface area contributed by atoms with Gasteiger partial charge in [-0.15, -0.1) is 0 Å². The van der Waals surface area contributed by atoms with Crippen LogP contribution in [0.5, 0.6) is 11.5 Å². The number of rotatable bonds is 4. The average molecular weight is 244 g/mol. The highest BCUT2D eigenvalue weighted by Crippen LogP contribution is 2.21. The van der Waals surface area contributed by atoms with Crippen LogP contribution < -0.4 is 4.74 Å². The van der Waals surface area contributed by atoms with Crippen LogP contribution in [-0.4, -0.2) is 11.3 Å². The third-order valence-electron chi connectivity index (χ3n) is 2.24. The first-order valence-corrected chi connectivity index (χ1v) is 5.41. The summed E-state index contributed by atoms with van der Waals surface area (Å²) in [5.41, 5.74) is 0.742. The molecule has 0 spiro atoms. The van der Waals surface area contributed by atoms with E-state index in [2.05, 4.69) is 4.74 Å². The monoisotopic (exact) mass is 244 g/mol. The molecule has 2 aromatic rings. The van der Waals surface area contributed by atoms with Gasteiger partial charge in [0.25, 0.3) is 0 Å². The topological polar surface area (TPSA) is 55.8 Å². The zero-order chi connectivity index (χ0) is 12.8. The zero-order valence-corrected chi connectivity index (χ0v) is 9.58. The molecule has 2 aromatic carbocycles. The van der Waals surface area contributed by atoms with Crippen molar-refractivity contribution < 1.29 is 19.4 Å². The van der Waals surface area contributed by atoms with E-state index in [1.165, 1.54) is 0 Å². The Hall–Kier alpha value is -2.49. The molecule has 0 aliphatic heterocycles. The van der Waals surface area contributed by atoms with E-state index in [4.69, 9.17) is 9.84 Å².